The van der Waals surface area contributed by atoms with Crippen LogP contribution >= 0.6 is 0 Å². The van der Waals surface area contributed by atoms with Crippen LogP contribution in [-0.4, -0.2) is 11.5 Å². The summed E-state index contributed by atoms with van der Waals surface area (Å²) in [5.41, 5.74) is -0.00854. The minimum absolute atomic E-state index is 0.0205. The van der Waals surface area contributed by atoms with Crippen molar-refractivity contribution in [1.29, 1.82) is 0 Å². The third-order valence-corrected chi connectivity index (χ3v) is 3.64. The molecule has 1 atom stereocenters. The monoisotopic (exact) mass is 288 g/mol. The maximum Gasteiger partial charge on any atom is 0.417 e. The highest BCUT2D eigenvalue weighted by Crippen LogP contribution is 2.30. The van der Waals surface area contributed by atoms with Gasteiger partial charge in [-0.3, -0.25) is 4.98 Å². The van der Waals surface area contributed by atoms with Crippen molar-refractivity contribution in [3.8, 4) is 0 Å². The first-order chi connectivity index (χ1) is 9.42. The van der Waals surface area contributed by atoms with Gasteiger partial charge in [0.1, 0.15) is 0 Å². The predicted molar refractivity (Wildman–Crippen MR) is 74.3 cm³/mol. The number of pyridine rings is 1. The highest BCUT2D eigenvalue weighted by Gasteiger charge is 2.31. The van der Waals surface area contributed by atoms with Crippen LogP contribution in [0.2, 0.25) is 0 Å². The van der Waals surface area contributed by atoms with Crippen LogP contribution in [0.3, 0.4) is 0 Å². The number of aromatic nitrogens is 1. The summed E-state index contributed by atoms with van der Waals surface area (Å²) in [5, 5.41) is 3.31. The van der Waals surface area contributed by atoms with Crippen LogP contribution in [0.15, 0.2) is 18.3 Å². The molecule has 1 rings (SSSR count). The molecule has 0 aliphatic heterocycles. The van der Waals surface area contributed by atoms with Gasteiger partial charge in [-0.2, -0.15) is 13.2 Å². The molecule has 0 saturated carbocycles. The average Bonchev–Trinajstić information content (AvgIpc) is 2.42. The van der Waals surface area contributed by atoms with E-state index in [2.05, 4.69) is 24.1 Å². The van der Waals surface area contributed by atoms with Crippen LogP contribution in [0.5, 0.6) is 0 Å². The summed E-state index contributed by atoms with van der Waals surface area (Å²) in [6.07, 6.45) is -0.363. The van der Waals surface area contributed by atoms with Gasteiger partial charge in [0.2, 0.25) is 0 Å². The molecular weight excluding hydrogens is 265 g/mol. The van der Waals surface area contributed by atoms with E-state index in [1.165, 1.54) is 6.07 Å². The van der Waals surface area contributed by atoms with Gasteiger partial charge in [-0.25, -0.2) is 0 Å². The zero-order valence-electron chi connectivity index (χ0n) is 12.3. The van der Waals surface area contributed by atoms with Crippen molar-refractivity contribution in [2.45, 2.75) is 52.3 Å². The standard InChI is InChI=1S/C15H23F3N2/c1-4-11(5-2)9-14(19-6-3)13-8-7-12(10-20-13)15(16,17)18/h7-8,10-11,14,19H,4-6,9H2,1-3H3. The van der Waals surface area contributed by atoms with Gasteiger partial charge < -0.3 is 5.32 Å². The molecule has 114 valence electrons. The van der Waals surface area contributed by atoms with Crippen molar-refractivity contribution in [2.24, 2.45) is 5.92 Å². The summed E-state index contributed by atoms with van der Waals surface area (Å²) in [4.78, 5) is 4.00. The molecule has 0 amide bonds. The van der Waals surface area contributed by atoms with E-state index < -0.39 is 11.7 Å². The Labute approximate surface area is 118 Å². The summed E-state index contributed by atoms with van der Waals surface area (Å²) < 4.78 is 37.6. The Kier molecular flexibility index (Phi) is 6.46. The topological polar surface area (TPSA) is 24.9 Å². The first kappa shape index (κ1) is 17.0. The fourth-order valence-electron chi connectivity index (χ4n) is 2.29. The Morgan fingerprint density at radius 1 is 1.15 bits per heavy atom. The molecule has 1 unspecified atom stereocenters. The summed E-state index contributed by atoms with van der Waals surface area (Å²) in [6.45, 7) is 7.03. The predicted octanol–water partition coefficient (Wildman–Crippen LogP) is 4.58. The number of nitrogens with zero attached hydrogens (tertiary/aromatic N) is 1. The Bertz CT molecular complexity index is 383. The quantitative estimate of drug-likeness (QED) is 0.794. The molecule has 0 saturated heterocycles. The van der Waals surface area contributed by atoms with Gasteiger partial charge >= 0.3 is 6.18 Å². The lowest BCUT2D eigenvalue weighted by atomic mass is 9.93. The molecule has 0 spiro atoms. The van der Waals surface area contributed by atoms with Crippen molar-refractivity contribution in [3.05, 3.63) is 29.6 Å². The van der Waals surface area contributed by atoms with Gasteiger partial charge in [-0.05, 0) is 31.0 Å². The van der Waals surface area contributed by atoms with E-state index >= 15 is 0 Å². The van der Waals surface area contributed by atoms with Crippen molar-refractivity contribution >= 4 is 0 Å². The van der Waals surface area contributed by atoms with Gasteiger partial charge in [-0.15, -0.1) is 0 Å². The van der Waals surface area contributed by atoms with Gasteiger partial charge in [0.05, 0.1) is 11.3 Å². The zero-order chi connectivity index (χ0) is 15.2. The van der Waals surface area contributed by atoms with E-state index in [0.717, 1.165) is 38.1 Å². The second-order valence-corrected chi connectivity index (χ2v) is 5.00. The lowest BCUT2D eigenvalue weighted by Crippen LogP contribution is -2.24. The molecule has 1 heterocycles. The van der Waals surface area contributed by atoms with E-state index in [4.69, 9.17) is 0 Å². The second-order valence-electron chi connectivity index (χ2n) is 5.00. The molecule has 20 heavy (non-hydrogen) atoms. The third-order valence-electron chi connectivity index (χ3n) is 3.64. The van der Waals surface area contributed by atoms with Crippen LogP contribution < -0.4 is 5.32 Å². The molecule has 0 bridgehead atoms. The fourth-order valence-corrected chi connectivity index (χ4v) is 2.29. The molecule has 1 aromatic heterocycles. The van der Waals surface area contributed by atoms with Gasteiger partial charge in [0.25, 0.3) is 0 Å². The molecule has 0 aliphatic carbocycles. The fraction of sp³-hybridized carbons (Fsp3) is 0.667. The smallest absolute Gasteiger partial charge is 0.309 e. The summed E-state index contributed by atoms with van der Waals surface area (Å²) in [5.74, 6) is 0.558. The van der Waals surface area contributed by atoms with Crippen molar-refractivity contribution in [1.82, 2.24) is 10.3 Å². The van der Waals surface area contributed by atoms with E-state index in [-0.39, 0.29) is 6.04 Å². The number of alkyl halides is 3. The number of hydrogen-bond acceptors (Lipinski definition) is 2. The normalized spacial score (nSPS) is 13.8. The number of hydrogen-bond donors (Lipinski definition) is 1. The summed E-state index contributed by atoms with van der Waals surface area (Å²) in [6, 6.07) is 2.62. The van der Waals surface area contributed by atoms with Crippen LogP contribution in [0.4, 0.5) is 13.2 Å². The van der Waals surface area contributed by atoms with Gasteiger partial charge in [0, 0.05) is 12.2 Å². The molecular formula is C15H23F3N2. The Morgan fingerprint density at radius 3 is 2.20 bits per heavy atom. The first-order valence-electron chi connectivity index (χ1n) is 7.18. The molecule has 5 heteroatoms. The van der Waals surface area contributed by atoms with Crippen LogP contribution in [0.25, 0.3) is 0 Å². The molecule has 0 aliphatic rings. The minimum atomic E-state index is -4.32. The van der Waals surface area contributed by atoms with Crippen LogP contribution in [0.1, 0.15) is 57.3 Å². The average molecular weight is 288 g/mol. The number of rotatable bonds is 7. The maximum atomic E-state index is 12.5. The Balaban J connectivity index is 2.86. The van der Waals surface area contributed by atoms with Gasteiger partial charge in [0.15, 0.2) is 0 Å². The SMILES string of the molecule is CCNC(CC(CC)CC)c1ccc(C(F)(F)F)cn1. The van der Waals surface area contributed by atoms with E-state index in [1.54, 1.807) is 0 Å². The van der Waals surface area contributed by atoms with Crippen LogP contribution in [-0.2, 0) is 6.18 Å². The molecule has 0 fully saturated rings. The lowest BCUT2D eigenvalue weighted by molar-refractivity contribution is -0.137. The van der Waals surface area contributed by atoms with Crippen molar-refractivity contribution in [3.63, 3.8) is 0 Å². The number of nitrogens with one attached hydrogen (secondary N) is 1. The van der Waals surface area contributed by atoms with Crippen molar-refractivity contribution in [2.75, 3.05) is 6.54 Å². The Morgan fingerprint density at radius 2 is 1.80 bits per heavy atom. The molecule has 1 aromatic rings. The molecule has 0 aromatic carbocycles. The van der Waals surface area contributed by atoms with E-state index in [9.17, 15) is 13.2 Å². The van der Waals surface area contributed by atoms with Gasteiger partial charge in [-0.1, -0.05) is 33.6 Å². The zero-order valence-corrected chi connectivity index (χ0v) is 12.3. The molecule has 1 N–H and O–H groups in total. The second kappa shape index (κ2) is 7.62. The summed E-state index contributed by atoms with van der Waals surface area (Å²) in [7, 11) is 0. The van der Waals surface area contributed by atoms with E-state index in [1.807, 2.05) is 6.92 Å². The Hall–Kier alpha value is -1.10. The maximum absolute atomic E-state index is 12.5. The van der Waals surface area contributed by atoms with E-state index in [0.29, 0.717) is 11.6 Å². The molecule has 2 nitrogen and oxygen atoms in total. The van der Waals surface area contributed by atoms with Crippen LogP contribution in [0, 0.1) is 5.92 Å². The third kappa shape index (κ3) is 4.78. The highest BCUT2D eigenvalue weighted by molar-refractivity contribution is 5.19. The highest BCUT2D eigenvalue weighted by atomic mass is 19.4. The summed E-state index contributed by atoms with van der Waals surface area (Å²) >= 11 is 0. The first-order valence-corrected chi connectivity index (χ1v) is 7.18. The number of halogens is 3. The lowest BCUT2D eigenvalue weighted by Gasteiger charge is -2.22. The minimum Gasteiger partial charge on any atom is -0.309 e. The van der Waals surface area contributed by atoms with Crippen molar-refractivity contribution < 1.29 is 13.2 Å². The largest absolute Gasteiger partial charge is 0.417 e. The molecule has 0 radical (unpaired) electrons.